The van der Waals surface area contributed by atoms with Crippen LogP contribution in [0.4, 0.5) is 8.78 Å². The van der Waals surface area contributed by atoms with E-state index in [9.17, 15) is 13.6 Å². The van der Waals surface area contributed by atoms with Crippen molar-refractivity contribution in [1.29, 1.82) is 0 Å². The van der Waals surface area contributed by atoms with Crippen molar-refractivity contribution in [3.05, 3.63) is 29.8 Å². The molecular weight excluding hydrogens is 244 g/mol. The van der Waals surface area contributed by atoms with Gasteiger partial charge in [0, 0.05) is 12.0 Å². The van der Waals surface area contributed by atoms with Gasteiger partial charge in [-0.2, -0.15) is 0 Å². The molecule has 0 aliphatic rings. The van der Waals surface area contributed by atoms with Crippen LogP contribution in [0.15, 0.2) is 24.3 Å². The molecule has 0 radical (unpaired) electrons. The first-order chi connectivity index (χ1) is 8.40. The molecule has 0 fully saturated rings. The normalized spacial score (nSPS) is 12.9. The highest BCUT2D eigenvalue weighted by molar-refractivity contribution is 5.75. The van der Waals surface area contributed by atoms with Crippen LogP contribution in [0.25, 0.3) is 0 Å². The molecule has 1 unspecified atom stereocenters. The van der Waals surface area contributed by atoms with E-state index in [1.54, 1.807) is 6.07 Å². The van der Waals surface area contributed by atoms with Gasteiger partial charge in [-0.25, -0.2) is 8.78 Å². The van der Waals surface area contributed by atoms with E-state index in [1.807, 2.05) is 0 Å². The van der Waals surface area contributed by atoms with Crippen LogP contribution in [-0.2, 0) is 15.5 Å². The molecule has 0 aliphatic carbocycles. The third kappa shape index (κ3) is 3.40. The molecule has 0 spiro atoms. The van der Waals surface area contributed by atoms with Crippen LogP contribution in [0, 0.1) is 0 Å². The van der Waals surface area contributed by atoms with Crippen molar-refractivity contribution in [3.63, 3.8) is 0 Å². The van der Waals surface area contributed by atoms with Gasteiger partial charge in [0.25, 0.3) is 5.92 Å². The van der Waals surface area contributed by atoms with Crippen LogP contribution in [0.3, 0.4) is 0 Å². The average Bonchev–Trinajstić information content (AvgIpc) is 2.37. The summed E-state index contributed by atoms with van der Waals surface area (Å²) < 4.78 is 36.9. The summed E-state index contributed by atoms with van der Waals surface area (Å²) in [5.41, 5.74) is 5.09. The molecule has 4 nitrogen and oxygen atoms in total. The first-order valence-corrected chi connectivity index (χ1v) is 5.26. The summed E-state index contributed by atoms with van der Waals surface area (Å²) in [6.45, 7) is 0. The lowest BCUT2D eigenvalue weighted by atomic mass is 10.0. The molecule has 0 amide bonds. The second-order valence-corrected chi connectivity index (χ2v) is 3.77. The highest BCUT2D eigenvalue weighted by Crippen LogP contribution is 2.34. The Morgan fingerprint density at radius 2 is 2.11 bits per heavy atom. The fraction of sp³-hybridized carbons (Fsp3) is 0.417. The number of carbonyl (C=O) groups is 1. The van der Waals surface area contributed by atoms with Gasteiger partial charge in [0.1, 0.15) is 11.8 Å². The van der Waals surface area contributed by atoms with Gasteiger partial charge >= 0.3 is 5.97 Å². The summed E-state index contributed by atoms with van der Waals surface area (Å²) in [4.78, 5) is 11.0. The predicted molar refractivity (Wildman–Crippen MR) is 61.5 cm³/mol. The van der Waals surface area contributed by atoms with Crippen LogP contribution in [0.2, 0.25) is 0 Å². The lowest BCUT2D eigenvalue weighted by Crippen LogP contribution is -2.36. The maximum atomic E-state index is 13.9. The maximum Gasteiger partial charge on any atom is 0.322 e. The maximum absolute atomic E-state index is 13.9. The molecule has 1 aromatic rings. The molecule has 1 aromatic carbocycles. The summed E-state index contributed by atoms with van der Waals surface area (Å²) in [7, 11) is 2.49. The van der Waals surface area contributed by atoms with E-state index in [2.05, 4.69) is 4.74 Å². The molecule has 2 N–H and O–H groups in total. The molecular formula is C12H15F2NO3. The number of hydrogen-bond acceptors (Lipinski definition) is 4. The predicted octanol–water partition coefficient (Wildman–Crippen LogP) is 1.68. The molecule has 0 aliphatic heterocycles. The molecule has 0 saturated carbocycles. The Morgan fingerprint density at radius 1 is 1.44 bits per heavy atom. The molecule has 0 aromatic heterocycles. The van der Waals surface area contributed by atoms with Gasteiger partial charge in [0.2, 0.25) is 0 Å². The molecule has 100 valence electrons. The third-order valence-electron chi connectivity index (χ3n) is 2.47. The number of nitrogens with two attached hydrogens (primary N) is 1. The van der Waals surface area contributed by atoms with Crippen LogP contribution < -0.4 is 10.5 Å². The van der Waals surface area contributed by atoms with Crippen LogP contribution in [-0.4, -0.2) is 26.2 Å². The van der Waals surface area contributed by atoms with Gasteiger partial charge in [0.05, 0.1) is 14.2 Å². The van der Waals surface area contributed by atoms with Crippen molar-refractivity contribution in [1.82, 2.24) is 0 Å². The van der Waals surface area contributed by atoms with Gasteiger partial charge < -0.3 is 15.2 Å². The van der Waals surface area contributed by atoms with E-state index in [0.29, 0.717) is 5.75 Å². The van der Waals surface area contributed by atoms with Gasteiger partial charge in [-0.1, -0.05) is 12.1 Å². The SMILES string of the molecule is COC(=O)C(N)CC(F)(F)c1cccc(OC)c1. The largest absolute Gasteiger partial charge is 0.497 e. The zero-order valence-electron chi connectivity index (χ0n) is 10.2. The number of ether oxygens (including phenoxy) is 2. The van der Waals surface area contributed by atoms with E-state index < -0.39 is 24.4 Å². The van der Waals surface area contributed by atoms with Crippen LogP contribution in [0.5, 0.6) is 5.75 Å². The molecule has 1 rings (SSSR count). The number of rotatable bonds is 5. The number of halogens is 2. The quantitative estimate of drug-likeness (QED) is 0.817. The van der Waals surface area contributed by atoms with Crippen molar-refractivity contribution in [2.75, 3.05) is 14.2 Å². The second kappa shape index (κ2) is 5.77. The molecule has 6 heteroatoms. The number of hydrogen-bond donors (Lipinski definition) is 1. The fourth-order valence-electron chi connectivity index (χ4n) is 1.48. The zero-order valence-corrected chi connectivity index (χ0v) is 10.2. The smallest absolute Gasteiger partial charge is 0.322 e. The van der Waals surface area contributed by atoms with E-state index in [1.165, 1.54) is 25.3 Å². The molecule has 0 bridgehead atoms. The summed E-state index contributed by atoms with van der Waals surface area (Å²) in [6, 6.07) is 4.11. The summed E-state index contributed by atoms with van der Waals surface area (Å²) >= 11 is 0. The lowest BCUT2D eigenvalue weighted by Gasteiger charge is -2.20. The van der Waals surface area contributed by atoms with Crippen molar-refractivity contribution in [2.45, 2.75) is 18.4 Å². The Hall–Kier alpha value is -1.69. The van der Waals surface area contributed by atoms with Gasteiger partial charge in [-0.3, -0.25) is 4.79 Å². The number of benzene rings is 1. The molecule has 1 atom stereocenters. The standard InChI is InChI=1S/C12H15F2NO3/c1-17-9-5-3-4-8(6-9)12(13,14)7-10(15)11(16)18-2/h3-6,10H,7,15H2,1-2H3. The number of methoxy groups -OCH3 is 2. The van der Waals surface area contributed by atoms with Gasteiger partial charge in [-0.05, 0) is 12.1 Å². The number of alkyl halides is 2. The van der Waals surface area contributed by atoms with Crippen molar-refractivity contribution >= 4 is 5.97 Å². The van der Waals surface area contributed by atoms with E-state index in [0.717, 1.165) is 7.11 Å². The van der Waals surface area contributed by atoms with Crippen LogP contribution in [0.1, 0.15) is 12.0 Å². The molecule has 0 heterocycles. The van der Waals surface area contributed by atoms with E-state index in [4.69, 9.17) is 10.5 Å². The first-order valence-electron chi connectivity index (χ1n) is 5.26. The monoisotopic (exact) mass is 259 g/mol. The Bertz CT molecular complexity index is 424. The topological polar surface area (TPSA) is 61.5 Å². The summed E-state index contributed by atoms with van der Waals surface area (Å²) in [5.74, 6) is -3.77. The Labute approximate surface area is 104 Å². The summed E-state index contributed by atoms with van der Waals surface area (Å²) in [6.07, 6.45) is -0.813. The number of esters is 1. The Balaban J connectivity index is 2.87. The van der Waals surface area contributed by atoms with Crippen molar-refractivity contribution in [3.8, 4) is 5.75 Å². The second-order valence-electron chi connectivity index (χ2n) is 3.77. The minimum atomic E-state index is -3.22. The third-order valence-corrected chi connectivity index (χ3v) is 2.47. The lowest BCUT2D eigenvalue weighted by molar-refractivity contribution is -0.145. The molecule has 0 saturated heterocycles. The van der Waals surface area contributed by atoms with Crippen molar-refractivity contribution < 1.29 is 23.0 Å². The highest BCUT2D eigenvalue weighted by Gasteiger charge is 2.36. The fourth-order valence-corrected chi connectivity index (χ4v) is 1.48. The van der Waals surface area contributed by atoms with Gasteiger partial charge in [-0.15, -0.1) is 0 Å². The van der Waals surface area contributed by atoms with Crippen LogP contribution >= 0.6 is 0 Å². The van der Waals surface area contributed by atoms with Crippen molar-refractivity contribution in [2.24, 2.45) is 5.73 Å². The first kappa shape index (κ1) is 14.4. The van der Waals surface area contributed by atoms with E-state index >= 15 is 0 Å². The minimum absolute atomic E-state index is 0.249. The number of carbonyl (C=O) groups excluding carboxylic acids is 1. The van der Waals surface area contributed by atoms with E-state index in [-0.39, 0.29) is 5.56 Å². The minimum Gasteiger partial charge on any atom is -0.497 e. The summed E-state index contributed by atoms with van der Waals surface area (Å²) in [5, 5.41) is 0. The Kier molecular flexibility index (Phi) is 4.61. The highest BCUT2D eigenvalue weighted by atomic mass is 19.3. The molecule has 18 heavy (non-hydrogen) atoms. The van der Waals surface area contributed by atoms with Gasteiger partial charge in [0.15, 0.2) is 0 Å². The zero-order chi connectivity index (χ0) is 13.8. The average molecular weight is 259 g/mol. The Morgan fingerprint density at radius 3 is 2.67 bits per heavy atom.